The molecule has 3 aromatic carbocycles. The SMILES string of the molecule is CCOc1ccc(NCc2nnc(SCCC(=O)Nc3ccc4c(c3)OCCO4)n2-c2ccccc2)cc1. The number of benzene rings is 3. The minimum Gasteiger partial charge on any atom is -0.494 e. The fourth-order valence-corrected chi connectivity index (χ4v) is 4.85. The summed E-state index contributed by atoms with van der Waals surface area (Å²) in [6.07, 6.45) is 0.320. The summed E-state index contributed by atoms with van der Waals surface area (Å²) in [5.74, 6) is 3.41. The van der Waals surface area contributed by atoms with Gasteiger partial charge in [-0.3, -0.25) is 9.36 Å². The molecule has 0 saturated carbocycles. The quantitative estimate of drug-likeness (QED) is 0.256. The van der Waals surface area contributed by atoms with Crippen LogP contribution in [0.15, 0.2) is 78.0 Å². The fraction of sp³-hybridized carbons (Fsp3) is 0.250. The monoisotopic (exact) mass is 531 g/mol. The number of hydrogen-bond donors (Lipinski definition) is 2. The lowest BCUT2D eigenvalue weighted by Crippen LogP contribution is -2.16. The van der Waals surface area contributed by atoms with Crippen LogP contribution < -0.4 is 24.8 Å². The average molecular weight is 532 g/mol. The number of anilines is 2. The average Bonchev–Trinajstić information content (AvgIpc) is 3.36. The van der Waals surface area contributed by atoms with Gasteiger partial charge in [0.25, 0.3) is 0 Å². The normalized spacial score (nSPS) is 12.1. The Morgan fingerprint density at radius 2 is 1.74 bits per heavy atom. The molecule has 9 nitrogen and oxygen atoms in total. The van der Waals surface area contributed by atoms with Gasteiger partial charge in [-0.15, -0.1) is 10.2 Å². The van der Waals surface area contributed by atoms with Crippen LogP contribution >= 0.6 is 11.8 Å². The molecule has 5 rings (SSSR count). The molecule has 0 aliphatic carbocycles. The van der Waals surface area contributed by atoms with Gasteiger partial charge < -0.3 is 24.8 Å². The van der Waals surface area contributed by atoms with Crippen molar-refractivity contribution in [2.75, 3.05) is 36.2 Å². The van der Waals surface area contributed by atoms with E-state index in [0.717, 1.165) is 28.1 Å². The van der Waals surface area contributed by atoms with Gasteiger partial charge in [0.2, 0.25) is 5.91 Å². The van der Waals surface area contributed by atoms with Crippen LogP contribution in [0.4, 0.5) is 11.4 Å². The van der Waals surface area contributed by atoms with E-state index in [0.29, 0.717) is 55.7 Å². The highest BCUT2D eigenvalue weighted by atomic mass is 32.2. The number of hydrogen-bond acceptors (Lipinski definition) is 8. The summed E-state index contributed by atoms with van der Waals surface area (Å²) >= 11 is 1.49. The maximum atomic E-state index is 12.6. The first-order valence-corrected chi connectivity index (χ1v) is 13.5. The number of amides is 1. The molecule has 2 heterocycles. The van der Waals surface area contributed by atoms with Crippen LogP contribution in [-0.4, -0.2) is 46.2 Å². The molecule has 0 fully saturated rings. The third-order valence-corrected chi connectivity index (χ3v) is 6.65. The van der Waals surface area contributed by atoms with Gasteiger partial charge in [0, 0.05) is 35.3 Å². The van der Waals surface area contributed by atoms with E-state index in [-0.39, 0.29) is 5.91 Å². The lowest BCUT2D eigenvalue weighted by Gasteiger charge is -2.19. The van der Waals surface area contributed by atoms with Crippen LogP contribution in [0.2, 0.25) is 0 Å². The molecule has 4 aromatic rings. The zero-order valence-corrected chi connectivity index (χ0v) is 21.9. The highest BCUT2D eigenvalue weighted by Crippen LogP contribution is 2.32. The number of thioether (sulfide) groups is 1. The summed E-state index contributed by atoms with van der Waals surface area (Å²) in [6, 6.07) is 23.2. The van der Waals surface area contributed by atoms with E-state index >= 15 is 0 Å². The van der Waals surface area contributed by atoms with Crippen molar-refractivity contribution in [1.82, 2.24) is 14.8 Å². The summed E-state index contributed by atoms with van der Waals surface area (Å²) in [7, 11) is 0. The number of carbonyl (C=O) groups excluding carboxylic acids is 1. The lowest BCUT2D eigenvalue weighted by molar-refractivity contribution is -0.115. The first kappa shape index (κ1) is 25.5. The largest absolute Gasteiger partial charge is 0.494 e. The molecule has 2 N–H and O–H groups in total. The Morgan fingerprint density at radius 3 is 2.53 bits per heavy atom. The number of rotatable bonds is 11. The van der Waals surface area contributed by atoms with Crippen molar-refractivity contribution in [3.05, 3.63) is 78.6 Å². The molecule has 1 aliphatic rings. The van der Waals surface area contributed by atoms with Crippen molar-refractivity contribution < 1.29 is 19.0 Å². The standard InChI is InChI=1S/C28H29N5O4S/c1-2-35-23-11-8-20(9-12-23)29-19-26-31-32-28(33(26)22-6-4-3-5-7-22)38-17-14-27(34)30-21-10-13-24-25(18-21)37-16-15-36-24/h3-13,18,29H,2,14-17,19H2,1H3,(H,30,34). The van der Waals surface area contributed by atoms with E-state index in [9.17, 15) is 4.79 Å². The van der Waals surface area contributed by atoms with E-state index in [4.69, 9.17) is 14.2 Å². The van der Waals surface area contributed by atoms with Gasteiger partial charge >= 0.3 is 0 Å². The Hall–Kier alpha value is -4.18. The number of fused-ring (bicyclic) bond motifs is 1. The predicted molar refractivity (Wildman–Crippen MR) is 148 cm³/mol. The number of carbonyl (C=O) groups is 1. The molecular formula is C28H29N5O4S. The first-order valence-electron chi connectivity index (χ1n) is 12.5. The molecule has 0 atom stereocenters. The van der Waals surface area contributed by atoms with Gasteiger partial charge in [0.1, 0.15) is 19.0 Å². The van der Waals surface area contributed by atoms with Crippen molar-refractivity contribution in [2.45, 2.75) is 25.0 Å². The van der Waals surface area contributed by atoms with Crippen LogP contribution in [0.3, 0.4) is 0 Å². The predicted octanol–water partition coefficient (Wildman–Crippen LogP) is 5.17. The third kappa shape index (κ3) is 6.38. The van der Waals surface area contributed by atoms with E-state index < -0.39 is 0 Å². The van der Waals surface area contributed by atoms with Crippen LogP contribution in [0.25, 0.3) is 5.69 Å². The summed E-state index contributed by atoms with van der Waals surface area (Å²) in [5, 5.41) is 15.9. The zero-order chi connectivity index (χ0) is 26.2. The molecule has 38 heavy (non-hydrogen) atoms. The Bertz CT molecular complexity index is 1360. The number of nitrogens with one attached hydrogen (secondary N) is 2. The molecule has 196 valence electrons. The Kier molecular flexibility index (Phi) is 8.29. The summed E-state index contributed by atoms with van der Waals surface area (Å²) < 4.78 is 18.7. The summed E-state index contributed by atoms with van der Waals surface area (Å²) in [5.41, 5.74) is 2.60. The van der Waals surface area contributed by atoms with E-state index in [1.165, 1.54) is 11.8 Å². The van der Waals surface area contributed by atoms with Crippen molar-refractivity contribution in [3.63, 3.8) is 0 Å². The molecular weight excluding hydrogens is 502 g/mol. The van der Waals surface area contributed by atoms with Gasteiger partial charge in [0.05, 0.1) is 13.2 Å². The molecule has 0 saturated heterocycles. The Balaban J connectivity index is 1.21. The summed E-state index contributed by atoms with van der Waals surface area (Å²) in [6.45, 7) is 4.11. The van der Waals surface area contributed by atoms with Crippen molar-refractivity contribution in [1.29, 1.82) is 0 Å². The Morgan fingerprint density at radius 1 is 0.974 bits per heavy atom. The maximum Gasteiger partial charge on any atom is 0.225 e. The number of ether oxygens (including phenoxy) is 3. The van der Waals surface area contributed by atoms with E-state index in [2.05, 4.69) is 20.8 Å². The van der Waals surface area contributed by atoms with Crippen LogP contribution in [0.1, 0.15) is 19.2 Å². The molecule has 10 heteroatoms. The van der Waals surface area contributed by atoms with Gasteiger partial charge in [-0.05, 0) is 55.5 Å². The molecule has 1 aromatic heterocycles. The number of nitrogens with zero attached hydrogens (tertiary/aromatic N) is 3. The molecule has 0 unspecified atom stereocenters. The number of aromatic nitrogens is 3. The second-order valence-electron chi connectivity index (χ2n) is 8.39. The van der Waals surface area contributed by atoms with Crippen molar-refractivity contribution >= 4 is 29.0 Å². The topological polar surface area (TPSA) is 99.5 Å². The minimum absolute atomic E-state index is 0.0858. The number of para-hydroxylation sites is 1. The molecule has 0 radical (unpaired) electrons. The smallest absolute Gasteiger partial charge is 0.225 e. The molecule has 1 aliphatic heterocycles. The second-order valence-corrected chi connectivity index (χ2v) is 9.45. The van der Waals surface area contributed by atoms with Gasteiger partial charge in [0.15, 0.2) is 22.5 Å². The maximum absolute atomic E-state index is 12.6. The highest BCUT2D eigenvalue weighted by molar-refractivity contribution is 7.99. The first-order chi connectivity index (χ1) is 18.7. The van der Waals surface area contributed by atoms with Crippen LogP contribution in [0.5, 0.6) is 17.2 Å². The fourth-order valence-electron chi connectivity index (χ4n) is 3.94. The molecule has 1 amide bonds. The van der Waals surface area contributed by atoms with Gasteiger partial charge in [-0.1, -0.05) is 30.0 Å². The van der Waals surface area contributed by atoms with Gasteiger partial charge in [-0.2, -0.15) is 0 Å². The second kappa shape index (κ2) is 12.4. The van der Waals surface area contributed by atoms with Crippen LogP contribution in [-0.2, 0) is 11.3 Å². The van der Waals surface area contributed by atoms with Crippen molar-refractivity contribution in [2.24, 2.45) is 0 Å². The van der Waals surface area contributed by atoms with E-state index in [1.807, 2.05) is 78.2 Å². The highest BCUT2D eigenvalue weighted by Gasteiger charge is 2.16. The Labute approximate surface area is 225 Å². The van der Waals surface area contributed by atoms with Crippen LogP contribution in [0, 0.1) is 0 Å². The zero-order valence-electron chi connectivity index (χ0n) is 21.1. The van der Waals surface area contributed by atoms with Crippen molar-refractivity contribution in [3.8, 4) is 22.9 Å². The summed E-state index contributed by atoms with van der Waals surface area (Å²) in [4.78, 5) is 12.6. The molecule has 0 spiro atoms. The van der Waals surface area contributed by atoms with E-state index in [1.54, 1.807) is 6.07 Å². The minimum atomic E-state index is -0.0858. The molecule has 0 bridgehead atoms. The third-order valence-electron chi connectivity index (χ3n) is 5.72. The van der Waals surface area contributed by atoms with Gasteiger partial charge in [-0.25, -0.2) is 0 Å². The lowest BCUT2D eigenvalue weighted by atomic mass is 10.2.